The number of likely N-dealkylation sites (N-methyl/N-ethyl adjacent to an activating group) is 1. The van der Waals surface area contributed by atoms with Crippen molar-refractivity contribution in [1.82, 2.24) is 15.2 Å². The third-order valence-corrected chi connectivity index (χ3v) is 3.83. The summed E-state index contributed by atoms with van der Waals surface area (Å²) in [6.45, 7) is 0.369. The molecule has 9 heteroatoms. The van der Waals surface area contributed by atoms with Gasteiger partial charge in [-0.1, -0.05) is 0 Å². The van der Waals surface area contributed by atoms with Crippen LogP contribution in [0, 0.1) is 0 Å². The first-order valence-electron chi connectivity index (χ1n) is 5.95. The lowest BCUT2D eigenvalue weighted by Crippen LogP contribution is -2.41. The van der Waals surface area contributed by atoms with Gasteiger partial charge in [0, 0.05) is 19.0 Å². The van der Waals surface area contributed by atoms with E-state index in [1.807, 2.05) is 0 Å². The Morgan fingerprint density at radius 1 is 1.65 bits per heavy atom. The fraction of sp³-hybridized carbons (Fsp3) is 0.636. The normalized spacial score (nSPS) is 23.1. The second-order valence-corrected chi connectivity index (χ2v) is 5.61. The number of nitrogens with one attached hydrogen (secondary N) is 1. The van der Waals surface area contributed by atoms with Gasteiger partial charge in [0.15, 0.2) is 5.69 Å². The molecule has 2 heterocycles. The van der Waals surface area contributed by atoms with Gasteiger partial charge in [0.25, 0.3) is 0 Å². The molecule has 0 aromatic carbocycles. The lowest BCUT2D eigenvalue weighted by Gasteiger charge is -2.19. The average molecular weight is 309 g/mol. The van der Waals surface area contributed by atoms with Crippen LogP contribution in [0.2, 0.25) is 0 Å². The first-order chi connectivity index (χ1) is 9.27. The maximum Gasteiger partial charge on any atom is 0.434 e. The summed E-state index contributed by atoms with van der Waals surface area (Å²) < 4.78 is 37.2. The van der Waals surface area contributed by atoms with Crippen LogP contribution in [0.5, 0.6) is 0 Å². The summed E-state index contributed by atoms with van der Waals surface area (Å²) in [5.41, 5.74) is -0.937. The summed E-state index contributed by atoms with van der Waals surface area (Å²) >= 11 is 0.870. The van der Waals surface area contributed by atoms with Crippen LogP contribution in [0.4, 0.5) is 13.2 Å². The minimum Gasteiger partial charge on any atom is -0.392 e. The first-order valence-corrected chi connectivity index (χ1v) is 6.83. The van der Waals surface area contributed by atoms with Crippen molar-refractivity contribution in [3.8, 4) is 0 Å². The Morgan fingerprint density at radius 3 is 2.85 bits per heavy atom. The lowest BCUT2D eigenvalue weighted by molar-refractivity contribution is -0.140. The number of amides is 1. The highest BCUT2D eigenvalue weighted by atomic mass is 32.1. The standard InChI is InChI=1S/C11H14F3N3O2S/c1-17(10(19)7-2-6(18)3-15-7)4-9-16-8(5-20-9)11(12,13)14/h5-7,15,18H,2-4H2,1H3. The van der Waals surface area contributed by atoms with Crippen molar-refractivity contribution in [1.29, 1.82) is 0 Å². The van der Waals surface area contributed by atoms with Gasteiger partial charge in [0.05, 0.1) is 18.7 Å². The van der Waals surface area contributed by atoms with Crippen LogP contribution in [-0.2, 0) is 17.5 Å². The Hall–Kier alpha value is -1.19. The second-order valence-electron chi connectivity index (χ2n) is 4.67. The number of aliphatic hydroxyl groups excluding tert-OH is 1. The number of β-amino-alcohol motifs (C(OH)–C–C–N with tert-alkyl or cyclic N) is 1. The number of carbonyl (C=O) groups is 1. The van der Waals surface area contributed by atoms with Gasteiger partial charge >= 0.3 is 6.18 Å². The van der Waals surface area contributed by atoms with Crippen LogP contribution in [0.15, 0.2) is 5.38 Å². The Labute approximate surface area is 117 Å². The molecule has 0 radical (unpaired) electrons. The summed E-state index contributed by atoms with van der Waals surface area (Å²) in [4.78, 5) is 16.8. The second kappa shape index (κ2) is 5.66. The zero-order valence-corrected chi connectivity index (χ0v) is 11.5. The quantitative estimate of drug-likeness (QED) is 0.868. The number of aliphatic hydroxyl groups is 1. The molecule has 2 atom stereocenters. The molecular weight excluding hydrogens is 295 g/mol. The molecule has 2 unspecified atom stereocenters. The molecule has 0 aliphatic carbocycles. The van der Waals surface area contributed by atoms with Crippen molar-refractivity contribution in [2.24, 2.45) is 0 Å². The fourth-order valence-electron chi connectivity index (χ4n) is 1.97. The lowest BCUT2D eigenvalue weighted by atomic mass is 10.2. The van der Waals surface area contributed by atoms with Gasteiger partial charge < -0.3 is 15.3 Å². The molecule has 20 heavy (non-hydrogen) atoms. The SMILES string of the molecule is CN(Cc1nc(C(F)(F)F)cs1)C(=O)C1CC(O)CN1. The molecule has 1 fully saturated rings. The van der Waals surface area contributed by atoms with E-state index in [0.29, 0.717) is 13.0 Å². The van der Waals surface area contributed by atoms with Crippen LogP contribution in [0.1, 0.15) is 17.1 Å². The van der Waals surface area contributed by atoms with Gasteiger partial charge in [-0.05, 0) is 6.42 Å². The molecule has 1 aromatic rings. The third-order valence-electron chi connectivity index (χ3n) is 3.00. The van der Waals surface area contributed by atoms with E-state index >= 15 is 0 Å². The summed E-state index contributed by atoms with van der Waals surface area (Å²) in [6, 6.07) is -0.489. The van der Waals surface area contributed by atoms with Crippen molar-refractivity contribution in [3.05, 3.63) is 16.1 Å². The molecule has 1 aliphatic rings. The maximum absolute atomic E-state index is 12.4. The number of aromatic nitrogens is 1. The number of rotatable bonds is 3. The molecular formula is C11H14F3N3O2S. The molecule has 1 saturated heterocycles. The van der Waals surface area contributed by atoms with Crippen molar-refractivity contribution in [2.45, 2.75) is 31.3 Å². The Morgan fingerprint density at radius 2 is 2.35 bits per heavy atom. The molecule has 1 amide bonds. The molecule has 1 aliphatic heterocycles. The van der Waals surface area contributed by atoms with Crippen molar-refractivity contribution < 1.29 is 23.1 Å². The Balaban J connectivity index is 1.95. The molecule has 0 bridgehead atoms. The van der Waals surface area contributed by atoms with Crippen LogP contribution in [0.3, 0.4) is 0 Å². The molecule has 5 nitrogen and oxygen atoms in total. The number of carbonyl (C=O) groups excluding carboxylic acids is 1. The van der Waals surface area contributed by atoms with Gasteiger partial charge in [-0.2, -0.15) is 13.2 Å². The Bertz CT molecular complexity index is 492. The van der Waals surface area contributed by atoms with E-state index in [-0.39, 0.29) is 17.5 Å². The number of halogens is 3. The van der Waals surface area contributed by atoms with Gasteiger partial charge in [-0.3, -0.25) is 4.79 Å². The van der Waals surface area contributed by atoms with Crippen molar-refractivity contribution in [2.75, 3.05) is 13.6 Å². The van der Waals surface area contributed by atoms with E-state index < -0.39 is 24.0 Å². The van der Waals surface area contributed by atoms with E-state index in [9.17, 15) is 23.1 Å². The maximum atomic E-state index is 12.4. The van der Waals surface area contributed by atoms with Gasteiger partial charge in [-0.15, -0.1) is 11.3 Å². The van der Waals surface area contributed by atoms with Crippen LogP contribution >= 0.6 is 11.3 Å². The van der Waals surface area contributed by atoms with Crippen molar-refractivity contribution >= 4 is 17.2 Å². The number of alkyl halides is 3. The Kier molecular flexibility index (Phi) is 4.31. The highest BCUT2D eigenvalue weighted by molar-refractivity contribution is 7.09. The third kappa shape index (κ3) is 3.47. The van der Waals surface area contributed by atoms with Gasteiger partial charge in [-0.25, -0.2) is 4.98 Å². The highest BCUT2D eigenvalue weighted by Crippen LogP contribution is 2.30. The summed E-state index contributed by atoms with van der Waals surface area (Å²) in [6.07, 6.45) is -4.71. The van der Waals surface area contributed by atoms with Gasteiger partial charge in [0.1, 0.15) is 5.01 Å². The number of hydrogen-bond donors (Lipinski definition) is 2. The molecule has 2 rings (SSSR count). The first kappa shape index (κ1) is 15.2. The van der Waals surface area contributed by atoms with E-state index in [4.69, 9.17) is 0 Å². The average Bonchev–Trinajstić information content (AvgIpc) is 2.96. The number of thiazole rings is 1. The van der Waals surface area contributed by atoms with E-state index in [1.165, 1.54) is 11.9 Å². The predicted molar refractivity (Wildman–Crippen MR) is 66.0 cm³/mol. The summed E-state index contributed by atoms with van der Waals surface area (Å²) in [5.74, 6) is -0.259. The minimum absolute atomic E-state index is 0.0217. The smallest absolute Gasteiger partial charge is 0.392 e. The number of hydrogen-bond acceptors (Lipinski definition) is 5. The predicted octanol–water partition coefficient (Wildman–Crippen LogP) is 0.843. The highest BCUT2D eigenvalue weighted by Gasteiger charge is 2.34. The van der Waals surface area contributed by atoms with Crippen molar-refractivity contribution in [3.63, 3.8) is 0 Å². The van der Waals surface area contributed by atoms with Crippen LogP contribution < -0.4 is 5.32 Å². The topological polar surface area (TPSA) is 65.5 Å². The molecule has 0 spiro atoms. The molecule has 112 valence electrons. The largest absolute Gasteiger partial charge is 0.434 e. The van der Waals surface area contributed by atoms with Crippen LogP contribution in [-0.4, -0.2) is 46.6 Å². The van der Waals surface area contributed by atoms with E-state index in [1.54, 1.807) is 0 Å². The summed E-state index contributed by atoms with van der Waals surface area (Å²) in [5, 5.41) is 13.4. The minimum atomic E-state index is -4.46. The van der Waals surface area contributed by atoms with Gasteiger partial charge in [0.2, 0.25) is 5.91 Å². The molecule has 2 N–H and O–H groups in total. The van der Waals surface area contributed by atoms with Crippen LogP contribution in [0.25, 0.3) is 0 Å². The van der Waals surface area contributed by atoms with E-state index in [2.05, 4.69) is 10.3 Å². The summed E-state index contributed by atoms with van der Waals surface area (Å²) in [7, 11) is 1.50. The number of nitrogens with zero attached hydrogens (tertiary/aromatic N) is 2. The fourth-order valence-corrected chi connectivity index (χ4v) is 2.82. The zero-order chi connectivity index (χ0) is 14.9. The van der Waals surface area contributed by atoms with E-state index in [0.717, 1.165) is 16.7 Å². The molecule has 1 aromatic heterocycles. The zero-order valence-electron chi connectivity index (χ0n) is 10.6. The molecule has 0 saturated carbocycles. The monoisotopic (exact) mass is 309 g/mol.